The van der Waals surface area contributed by atoms with Gasteiger partial charge in [0.25, 0.3) is 0 Å². The highest BCUT2D eigenvalue weighted by Gasteiger charge is 2.22. The van der Waals surface area contributed by atoms with E-state index in [0.717, 1.165) is 32.4 Å². The second-order valence-corrected chi connectivity index (χ2v) is 4.99. The van der Waals surface area contributed by atoms with Crippen molar-refractivity contribution >= 4 is 6.03 Å². The molecule has 2 N–H and O–H groups in total. The van der Waals surface area contributed by atoms with E-state index in [9.17, 15) is 4.79 Å². The third-order valence-corrected chi connectivity index (χ3v) is 3.46. The lowest BCUT2D eigenvalue weighted by atomic mass is 9.99. The van der Waals surface area contributed by atoms with Gasteiger partial charge in [0.1, 0.15) is 0 Å². The lowest BCUT2D eigenvalue weighted by Crippen LogP contribution is -2.46. The number of nitrogens with zero attached hydrogens (tertiary/aromatic N) is 3. The molecule has 6 heteroatoms. The predicted molar refractivity (Wildman–Crippen MR) is 71.6 cm³/mol. The molecule has 6 nitrogen and oxygen atoms in total. The van der Waals surface area contributed by atoms with Crippen molar-refractivity contribution in [2.45, 2.75) is 25.8 Å². The number of aryl methyl sites for hydroxylation is 1. The van der Waals surface area contributed by atoms with Gasteiger partial charge in [0, 0.05) is 45.2 Å². The lowest BCUT2D eigenvalue weighted by molar-refractivity contribution is 0.129. The van der Waals surface area contributed by atoms with E-state index in [2.05, 4.69) is 10.4 Å². The summed E-state index contributed by atoms with van der Waals surface area (Å²) in [6.07, 6.45) is 6.52. The molecule has 2 amide bonds. The Labute approximate surface area is 113 Å². The van der Waals surface area contributed by atoms with Gasteiger partial charge < -0.3 is 15.3 Å². The first-order valence-corrected chi connectivity index (χ1v) is 6.90. The standard InChI is InChI=1S/C13H22N4O2/c18-11-12-4-1-7-16(10-12)13(19)14-5-2-8-17-9-3-6-15-17/h3,6,9,12,18H,1-2,4-5,7-8,10-11H2,(H,14,19). The molecule has 0 spiro atoms. The van der Waals surface area contributed by atoms with Gasteiger partial charge in [-0.05, 0) is 31.2 Å². The zero-order valence-electron chi connectivity index (χ0n) is 11.2. The van der Waals surface area contributed by atoms with Gasteiger partial charge in [-0.3, -0.25) is 4.68 Å². The van der Waals surface area contributed by atoms with E-state index in [-0.39, 0.29) is 18.6 Å². The van der Waals surface area contributed by atoms with Gasteiger partial charge in [-0.1, -0.05) is 0 Å². The first kappa shape index (κ1) is 13.9. The van der Waals surface area contributed by atoms with Gasteiger partial charge in [-0.25, -0.2) is 4.79 Å². The predicted octanol–water partition coefficient (Wildman–Crippen LogP) is 0.687. The SMILES string of the molecule is O=C(NCCCn1cccn1)N1CCCC(CO)C1. The fraction of sp³-hybridized carbons (Fsp3) is 0.692. The quantitative estimate of drug-likeness (QED) is 0.770. The molecular formula is C13H22N4O2. The van der Waals surface area contributed by atoms with Crippen LogP contribution in [0.15, 0.2) is 18.5 Å². The molecule has 1 atom stereocenters. The first-order valence-electron chi connectivity index (χ1n) is 6.90. The van der Waals surface area contributed by atoms with Crippen LogP contribution in [0.4, 0.5) is 4.79 Å². The molecule has 19 heavy (non-hydrogen) atoms. The molecule has 2 rings (SSSR count). The first-order chi connectivity index (χ1) is 9.29. The number of hydrogen-bond donors (Lipinski definition) is 2. The van der Waals surface area contributed by atoms with Crippen LogP contribution in [-0.4, -0.2) is 52.1 Å². The summed E-state index contributed by atoms with van der Waals surface area (Å²) in [6.45, 7) is 3.09. The Morgan fingerprint density at radius 1 is 1.53 bits per heavy atom. The molecule has 106 valence electrons. The van der Waals surface area contributed by atoms with Crippen LogP contribution in [0.25, 0.3) is 0 Å². The van der Waals surface area contributed by atoms with Crippen molar-refractivity contribution in [2.24, 2.45) is 5.92 Å². The number of hydrogen-bond acceptors (Lipinski definition) is 3. The summed E-state index contributed by atoms with van der Waals surface area (Å²) >= 11 is 0. The zero-order valence-corrected chi connectivity index (χ0v) is 11.2. The van der Waals surface area contributed by atoms with Crippen molar-refractivity contribution in [1.29, 1.82) is 0 Å². The van der Waals surface area contributed by atoms with Crippen LogP contribution in [-0.2, 0) is 6.54 Å². The average molecular weight is 266 g/mol. The molecule has 1 fully saturated rings. The number of nitrogens with one attached hydrogen (secondary N) is 1. The van der Waals surface area contributed by atoms with Gasteiger partial charge in [-0.2, -0.15) is 5.10 Å². The molecule has 1 aliphatic heterocycles. The second kappa shape index (κ2) is 7.13. The summed E-state index contributed by atoms with van der Waals surface area (Å²) < 4.78 is 1.86. The number of urea groups is 1. The van der Waals surface area contributed by atoms with Crippen LogP contribution >= 0.6 is 0 Å². The van der Waals surface area contributed by atoms with E-state index in [1.54, 1.807) is 11.1 Å². The van der Waals surface area contributed by atoms with Crippen molar-refractivity contribution in [1.82, 2.24) is 20.0 Å². The normalized spacial score (nSPS) is 19.4. The Balaban J connectivity index is 1.63. The van der Waals surface area contributed by atoms with E-state index in [1.165, 1.54) is 0 Å². The van der Waals surface area contributed by atoms with Gasteiger partial charge in [0.05, 0.1) is 0 Å². The minimum Gasteiger partial charge on any atom is -0.396 e. The number of aliphatic hydroxyl groups excluding tert-OH is 1. The largest absolute Gasteiger partial charge is 0.396 e. The molecule has 0 bridgehead atoms. The minimum atomic E-state index is -0.0152. The van der Waals surface area contributed by atoms with Crippen LogP contribution in [0, 0.1) is 5.92 Å². The number of piperidine rings is 1. The summed E-state index contributed by atoms with van der Waals surface area (Å²) in [6, 6.07) is 1.88. The molecule has 0 radical (unpaired) electrons. The van der Waals surface area contributed by atoms with Crippen LogP contribution in [0.5, 0.6) is 0 Å². The number of aliphatic hydroxyl groups is 1. The highest BCUT2D eigenvalue weighted by molar-refractivity contribution is 5.74. The van der Waals surface area contributed by atoms with Crippen LogP contribution in [0.1, 0.15) is 19.3 Å². The molecule has 1 aromatic heterocycles. The van der Waals surface area contributed by atoms with Crippen molar-refractivity contribution in [3.8, 4) is 0 Å². The number of amides is 2. The molecule has 1 unspecified atom stereocenters. The molecule has 1 saturated heterocycles. The maximum Gasteiger partial charge on any atom is 0.317 e. The summed E-state index contributed by atoms with van der Waals surface area (Å²) in [5.74, 6) is 0.239. The monoisotopic (exact) mass is 266 g/mol. The van der Waals surface area contributed by atoms with E-state index < -0.39 is 0 Å². The van der Waals surface area contributed by atoms with Crippen molar-refractivity contribution in [3.63, 3.8) is 0 Å². The Bertz CT molecular complexity index is 380. The fourth-order valence-corrected chi connectivity index (χ4v) is 2.38. The maximum atomic E-state index is 11.9. The number of rotatable bonds is 5. The highest BCUT2D eigenvalue weighted by Crippen LogP contribution is 2.15. The van der Waals surface area contributed by atoms with Crippen molar-refractivity contribution in [3.05, 3.63) is 18.5 Å². The molecule has 1 aromatic rings. The summed E-state index contributed by atoms with van der Waals surface area (Å²) in [7, 11) is 0. The van der Waals surface area contributed by atoms with Crippen molar-refractivity contribution in [2.75, 3.05) is 26.2 Å². The zero-order chi connectivity index (χ0) is 13.5. The number of aromatic nitrogens is 2. The number of carbonyl (C=O) groups is 1. The fourth-order valence-electron chi connectivity index (χ4n) is 2.38. The lowest BCUT2D eigenvalue weighted by Gasteiger charge is -2.31. The van der Waals surface area contributed by atoms with E-state index in [1.807, 2.05) is 16.9 Å². The number of likely N-dealkylation sites (tertiary alicyclic amines) is 1. The summed E-state index contributed by atoms with van der Waals surface area (Å²) in [5, 5.41) is 16.2. The van der Waals surface area contributed by atoms with Gasteiger partial charge >= 0.3 is 6.03 Å². The Kier molecular flexibility index (Phi) is 5.20. The van der Waals surface area contributed by atoms with Crippen LogP contribution < -0.4 is 5.32 Å². The van der Waals surface area contributed by atoms with Gasteiger partial charge in [0.15, 0.2) is 0 Å². The van der Waals surface area contributed by atoms with Crippen molar-refractivity contribution < 1.29 is 9.90 Å². The molecule has 0 aromatic carbocycles. The molecule has 0 aliphatic carbocycles. The van der Waals surface area contributed by atoms with E-state index in [4.69, 9.17) is 5.11 Å². The molecule has 2 heterocycles. The van der Waals surface area contributed by atoms with Crippen LogP contribution in [0.2, 0.25) is 0 Å². The molecule has 0 saturated carbocycles. The topological polar surface area (TPSA) is 70.4 Å². The molecule has 1 aliphatic rings. The second-order valence-electron chi connectivity index (χ2n) is 4.99. The smallest absolute Gasteiger partial charge is 0.317 e. The van der Waals surface area contributed by atoms with Crippen LogP contribution in [0.3, 0.4) is 0 Å². The van der Waals surface area contributed by atoms with Gasteiger partial charge in [0.2, 0.25) is 0 Å². The molecular weight excluding hydrogens is 244 g/mol. The average Bonchev–Trinajstić information content (AvgIpc) is 2.96. The minimum absolute atomic E-state index is 0.0152. The summed E-state index contributed by atoms with van der Waals surface area (Å²) in [4.78, 5) is 13.7. The van der Waals surface area contributed by atoms with E-state index in [0.29, 0.717) is 13.1 Å². The highest BCUT2D eigenvalue weighted by atomic mass is 16.3. The third kappa shape index (κ3) is 4.24. The Hall–Kier alpha value is -1.56. The third-order valence-electron chi connectivity index (χ3n) is 3.46. The Morgan fingerprint density at radius 3 is 3.16 bits per heavy atom. The summed E-state index contributed by atoms with van der Waals surface area (Å²) in [5.41, 5.74) is 0. The van der Waals surface area contributed by atoms with Gasteiger partial charge in [-0.15, -0.1) is 0 Å². The number of carbonyl (C=O) groups excluding carboxylic acids is 1. The Morgan fingerprint density at radius 2 is 2.42 bits per heavy atom. The maximum absolute atomic E-state index is 11.9. The van der Waals surface area contributed by atoms with E-state index >= 15 is 0 Å².